The molecule has 0 bridgehead atoms. The SMILES string of the molecule is C=C(C)C.C=Nc1ccccc1.CC(C)=C(C)OCc1ccccc1. The summed E-state index contributed by atoms with van der Waals surface area (Å²) in [6, 6.07) is 19.8. The Morgan fingerprint density at radius 1 is 0.840 bits per heavy atom. The molecule has 0 aromatic heterocycles. The molecule has 2 rings (SSSR count). The molecule has 0 saturated carbocycles. The highest BCUT2D eigenvalue weighted by Crippen LogP contribution is 2.08. The monoisotopic (exact) mass is 337 g/mol. The van der Waals surface area contributed by atoms with Crippen LogP contribution in [0.1, 0.15) is 40.2 Å². The number of aliphatic imine (C=N–C) groups is 1. The number of allylic oxidation sites excluding steroid dienone is 3. The maximum absolute atomic E-state index is 5.57. The number of para-hydroxylation sites is 1. The van der Waals surface area contributed by atoms with Crippen molar-refractivity contribution < 1.29 is 4.74 Å². The first kappa shape index (κ1) is 22.4. The highest BCUT2D eigenvalue weighted by molar-refractivity contribution is 5.44. The van der Waals surface area contributed by atoms with Crippen LogP contribution >= 0.6 is 0 Å². The van der Waals surface area contributed by atoms with Crippen molar-refractivity contribution in [3.8, 4) is 0 Å². The summed E-state index contributed by atoms with van der Waals surface area (Å²) >= 11 is 0. The van der Waals surface area contributed by atoms with Gasteiger partial charge in [-0.2, -0.15) is 0 Å². The van der Waals surface area contributed by atoms with Gasteiger partial charge >= 0.3 is 0 Å². The molecule has 0 atom stereocenters. The Hall–Kier alpha value is -2.61. The van der Waals surface area contributed by atoms with Crippen LogP contribution < -0.4 is 0 Å². The van der Waals surface area contributed by atoms with E-state index < -0.39 is 0 Å². The number of hydrogen-bond donors (Lipinski definition) is 0. The smallest absolute Gasteiger partial charge is 0.113 e. The van der Waals surface area contributed by atoms with E-state index in [-0.39, 0.29) is 0 Å². The molecule has 0 aliphatic carbocycles. The number of rotatable bonds is 4. The van der Waals surface area contributed by atoms with Crippen molar-refractivity contribution >= 4 is 12.4 Å². The Labute approximate surface area is 153 Å². The number of benzene rings is 2. The minimum absolute atomic E-state index is 0.665. The molecule has 0 aliphatic heterocycles. The van der Waals surface area contributed by atoms with Gasteiger partial charge in [0.25, 0.3) is 0 Å². The molecule has 0 heterocycles. The zero-order valence-electron chi connectivity index (χ0n) is 16.3. The van der Waals surface area contributed by atoms with Crippen molar-refractivity contribution in [1.29, 1.82) is 0 Å². The van der Waals surface area contributed by atoms with Crippen LogP contribution in [0.2, 0.25) is 0 Å². The Morgan fingerprint density at radius 3 is 1.64 bits per heavy atom. The molecule has 2 heteroatoms. The number of ether oxygens (including phenoxy) is 1. The van der Waals surface area contributed by atoms with Gasteiger partial charge in [-0.05, 0) is 64.6 Å². The number of nitrogens with zero attached hydrogens (tertiary/aromatic N) is 1. The van der Waals surface area contributed by atoms with E-state index in [0.29, 0.717) is 6.61 Å². The van der Waals surface area contributed by atoms with E-state index in [9.17, 15) is 0 Å². The molecule has 2 aromatic carbocycles. The summed E-state index contributed by atoms with van der Waals surface area (Å²) < 4.78 is 5.57. The Morgan fingerprint density at radius 2 is 1.28 bits per heavy atom. The van der Waals surface area contributed by atoms with E-state index in [4.69, 9.17) is 4.74 Å². The van der Waals surface area contributed by atoms with Crippen molar-refractivity contribution in [3.05, 3.63) is 89.7 Å². The van der Waals surface area contributed by atoms with E-state index in [0.717, 1.165) is 11.4 Å². The first-order valence-corrected chi connectivity index (χ1v) is 8.31. The lowest BCUT2D eigenvalue weighted by molar-refractivity contribution is 0.197. The summed E-state index contributed by atoms with van der Waals surface area (Å²) in [6.07, 6.45) is 0. The third-order valence-electron chi connectivity index (χ3n) is 2.94. The molecule has 0 unspecified atom stereocenters. The summed E-state index contributed by atoms with van der Waals surface area (Å²) in [5.74, 6) is 1.02. The van der Waals surface area contributed by atoms with E-state index >= 15 is 0 Å². The quantitative estimate of drug-likeness (QED) is 0.331. The zero-order valence-corrected chi connectivity index (χ0v) is 16.3. The molecule has 0 saturated heterocycles. The normalized spacial score (nSPS) is 8.68. The second-order valence-electron chi connectivity index (χ2n) is 6.03. The van der Waals surface area contributed by atoms with Crippen LogP contribution in [0.25, 0.3) is 0 Å². The Kier molecular flexibility index (Phi) is 12.4. The summed E-state index contributed by atoms with van der Waals surface area (Å²) in [4.78, 5) is 3.72. The van der Waals surface area contributed by atoms with Gasteiger partial charge in [0, 0.05) is 0 Å². The maximum Gasteiger partial charge on any atom is 0.113 e. The maximum atomic E-state index is 5.57. The average molecular weight is 338 g/mol. The van der Waals surface area contributed by atoms with Gasteiger partial charge in [0.05, 0.1) is 11.4 Å². The van der Waals surface area contributed by atoms with Gasteiger partial charge in [-0.25, -0.2) is 0 Å². The second-order valence-corrected chi connectivity index (χ2v) is 6.03. The van der Waals surface area contributed by atoms with Crippen LogP contribution in [-0.4, -0.2) is 6.72 Å². The fourth-order valence-corrected chi connectivity index (χ4v) is 1.44. The molecular weight excluding hydrogens is 306 g/mol. The summed E-state index contributed by atoms with van der Waals surface area (Å²) in [5, 5.41) is 0. The van der Waals surface area contributed by atoms with Gasteiger partial charge in [-0.3, -0.25) is 4.99 Å². The molecule has 0 fully saturated rings. The highest BCUT2D eigenvalue weighted by atomic mass is 16.5. The van der Waals surface area contributed by atoms with E-state index in [2.05, 4.69) is 44.3 Å². The van der Waals surface area contributed by atoms with Crippen molar-refractivity contribution in [2.24, 2.45) is 4.99 Å². The molecule has 2 nitrogen and oxygen atoms in total. The van der Waals surface area contributed by atoms with Crippen LogP contribution in [-0.2, 0) is 11.3 Å². The predicted octanol–water partition coefficient (Wildman–Crippen LogP) is 7.12. The topological polar surface area (TPSA) is 21.6 Å². The van der Waals surface area contributed by atoms with Crippen molar-refractivity contribution in [2.75, 3.05) is 0 Å². The highest BCUT2D eigenvalue weighted by Gasteiger charge is 1.94. The van der Waals surface area contributed by atoms with Gasteiger partial charge in [0.15, 0.2) is 0 Å². The first-order chi connectivity index (χ1) is 11.9. The lowest BCUT2D eigenvalue weighted by atomic mass is 10.2. The van der Waals surface area contributed by atoms with Gasteiger partial charge < -0.3 is 4.74 Å². The summed E-state index contributed by atoms with van der Waals surface area (Å²) in [7, 11) is 0. The molecule has 25 heavy (non-hydrogen) atoms. The fourth-order valence-electron chi connectivity index (χ4n) is 1.44. The first-order valence-electron chi connectivity index (χ1n) is 8.31. The molecule has 0 radical (unpaired) electrons. The lowest BCUT2D eigenvalue weighted by Crippen LogP contribution is -1.91. The molecule has 0 spiro atoms. The molecule has 2 aromatic rings. The van der Waals surface area contributed by atoms with Gasteiger partial charge in [0.1, 0.15) is 6.61 Å². The summed E-state index contributed by atoms with van der Waals surface area (Å²) in [5.41, 5.74) is 4.53. The van der Waals surface area contributed by atoms with Crippen LogP contribution in [0.3, 0.4) is 0 Å². The molecule has 0 amide bonds. The van der Waals surface area contributed by atoms with Crippen molar-refractivity contribution in [3.63, 3.8) is 0 Å². The molecule has 0 aliphatic rings. The van der Waals surface area contributed by atoms with Crippen LogP contribution in [0, 0.1) is 0 Å². The molecule has 134 valence electrons. The van der Waals surface area contributed by atoms with Gasteiger partial charge in [-0.1, -0.05) is 54.1 Å². The van der Waals surface area contributed by atoms with Crippen LogP contribution in [0.15, 0.2) is 89.1 Å². The minimum atomic E-state index is 0.665. The van der Waals surface area contributed by atoms with Crippen molar-refractivity contribution in [1.82, 2.24) is 0 Å². The Bertz CT molecular complexity index is 634. The summed E-state index contributed by atoms with van der Waals surface area (Å²) in [6.45, 7) is 17.7. The van der Waals surface area contributed by atoms with E-state index in [1.54, 1.807) is 0 Å². The van der Waals surface area contributed by atoms with E-state index in [1.807, 2.05) is 69.3 Å². The lowest BCUT2D eigenvalue weighted by Gasteiger charge is -2.07. The Balaban J connectivity index is 0.000000407. The zero-order chi connectivity index (χ0) is 19.1. The molecular formula is C23H31NO. The fraction of sp³-hybridized carbons (Fsp3) is 0.261. The number of hydrogen-bond acceptors (Lipinski definition) is 2. The second kappa shape index (κ2) is 13.8. The molecule has 0 N–H and O–H groups in total. The van der Waals surface area contributed by atoms with Crippen molar-refractivity contribution in [2.45, 2.75) is 41.2 Å². The van der Waals surface area contributed by atoms with E-state index in [1.165, 1.54) is 16.7 Å². The van der Waals surface area contributed by atoms with Gasteiger partial charge in [-0.15, -0.1) is 6.58 Å². The standard InChI is InChI=1S/C12H16O.C7H7N.C4H8/c1-10(2)11(3)13-9-12-7-5-4-6-8-12;1-8-7-5-3-2-4-6-7;1-4(2)3/h4-8H,9H2,1-3H3;2-6H,1H2;1H2,2-3H3. The third-order valence-corrected chi connectivity index (χ3v) is 2.94. The third kappa shape index (κ3) is 13.5. The minimum Gasteiger partial charge on any atom is -0.494 e. The average Bonchev–Trinajstić information content (AvgIpc) is 2.61. The van der Waals surface area contributed by atoms with Crippen LogP contribution in [0.4, 0.5) is 5.69 Å². The predicted molar refractivity (Wildman–Crippen MR) is 111 cm³/mol. The van der Waals surface area contributed by atoms with Crippen LogP contribution in [0.5, 0.6) is 0 Å². The van der Waals surface area contributed by atoms with Gasteiger partial charge in [0.2, 0.25) is 0 Å². The largest absolute Gasteiger partial charge is 0.494 e.